The highest BCUT2D eigenvalue weighted by Gasteiger charge is 2.42. The molecule has 0 aliphatic carbocycles. The van der Waals surface area contributed by atoms with Crippen LogP contribution in [0.15, 0.2) is 60.7 Å². The van der Waals surface area contributed by atoms with Crippen LogP contribution < -0.4 is 0 Å². The number of hydrogen-bond acceptors (Lipinski definition) is 7. The van der Waals surface area contributed by atoms with Crippen molar-refractivity contribution in [3.63, 3.8) is 0 Å². The number of carbonyl (C=O) groups excluding carboxylic acids is 7. The molecule has 2 aromatic carbocycles. The third-order valence-corrected chi connectivity index (χ3v) is 9.83. The number of amides is 1. The summed E-state index contributed by atoms with van der Waals surface area (Å²) in [5, 5.41) is 0. The van der Waals surface area contributed by atoms with Crippen molar-refractivity contribution < 1.29 is 33.6 Å². The third kappa shape index (κ3) is 11.5. The van der Waals surface area contributed by atoms with Gasteiger partial charge < -0.3 is 4.90 Å². The van der Waals surface area contributed by atoms with Crippen LogP contribution in [0.1, 0.15) is 116 Å². The van der Waals surface area contributed by atoms with E-state index in [0.717, 1.165) is 11.1 Å². The summed E-state index contributed by atoms with van der Waals surface area (Å²) >= 11 is 0. The Labute approximate surface area is 297 Å². The minimum atomic E-state index is -0.835. The van der Waals surface area contributed by atoms with Gasteiger partial charge in [-0.05, 0) is 35.8 Å². The minimum Gasteiger partial charge on any atom is -0.332 e. The van der Waals surface area contributed by atoms with Gasteiger partial charge in [-0.15, -0.1) is 0 Å². The highest BCUT2D eigenvalue weighted by Crippen LogP contribution is 2.34. The van der Waals surface area contributed by atoms with E-state index < -0.39 is 40.8 Å². The Kier molecular flexibility index (Phi) is 15.2. The second-order valence-corrected chi connectivity index (χ2v) is 15.2. The zero-order chi connectivity index (χ0) is 37.0. The molecule has 2 aromatic rings. The summed E-state index contributed by atoms with van der Waals surface area (Å²) in [5.41, 5.74) is 1.11. The maximum absolute atomic E-state index is 14.0. The molecule has 8 heteroatoms. The Balaban J connectivity index is 1.64. The first kappa shape index (κ1) is 40.4. The lowest BCUT2D eigenvalue weighted by Gasteiger charge is -2.35. The summed E-state index contributed by atoms with van der Waals surface area (Å²) in [5.74, 6) is -4.54. The first-order valence-corrected chi connectivity index (χ1v) is 18.2. The Bertz CT molecular complexity index is 1510. The van der Waals surface area contributed by atoms with E-state index in [-0.39, 0.29) is 73.5 Å². The molecule has 0 aromatic heterocycles. The van der Waals surface area contributed by atoms with Crippen molar-refractivity contribution in [1.82, 2.24) is 4.90 Å². The summed E-state index contributed by atoms with van der Waals surface area (Å²) in [6.07, 6.45) is 1.67. The molecule has 50 heavy (non-hydrogen) atoms. The molecule has 1 aliphatic heterocycles. The third-order valence-electron chi connectivity index (χ3n) is 9.83. The Hall–Kier alpha value is -4.07. The van der Waals surface area contributed by atoms with Crippen LogP contribution in [-0.4, -0.2) is 58.1 Å². The highest BCUT2D eigenvalue weighted by molar-refractivity contribution is 6.38. The summed E-state index contributed by atoms with van der Waals surface area (Å²) in [6.45, 7) is 11.6. The lowest BCUT2D eigenvalue weighted by molar-refractivity contribution is -0.146. The van der Waals surface area contributed by atoms with Gasteiger partial charge in [-0.1, -0.05) is 109 Å². The zero-order valence-corrected chi connectivity index (χ0v) is 30.7. The van der Waals surface area contributed by atoms with Gasteiger partial charge in [-0.25, -0.2) is 0 Å². The van der Waals surface area contributed by atoms with Crippen molar-refractivity contribution in [1.29, 1.82) is 0 Å². The van der Waals surface area contributed by atoms with E-state index in [0.29, 0.717) is 32.2 Å². The summed E-state index contributed by atoms with van der Waals surface area (Å²) < 4.78 is 0. The van der Waals surface area contributed by atoms with Crippen molar-refractivity contribution >= 4 is 40.6 Å². The van der Waals surface area contributed by atoms with Gasteiger partial charge in [0.05, 0.1) is 6.04 Å². The maximum atomic E-state index is 14.0. The van der Waals surface area contributed by atoms with E-state index in [2.05, 4.69) is 0 Å². The number of rotatable bonds is 20. The molecule has 0 spiro atoms. The van der Waals surface area contributed by atoms with Crippen LogP contribution in [0.3, 0.4) is 0 Å². The molecular weight excluding hydrogens is 630 g/mol. The van der Waals surface area contributed by atoms with Gasteiger partial charge in [0.25, 0.3) is 0 Å². The normalized spacial score (nSPS) is 16.5. The number of hydrogen-bond donors (Lipinski definition) is 0. The average Bonchev–Trinajstić information content (AvgIpc) is 3.58. The Morgan fingerprint density at radius 3 is 2.00 bits per heavy atom. The van der Waals surface area contributed by atoms with Crippen molar-refractivity contribution in [3.8, 4) is 0 Å². The van der Waals surface area contributed by atoms with E-state index in [1.165, 1.54) is 0 Å². The van der Waals surface area contributed by atoms with E-state index in [9.17, 15) is 33.6 Å². The lowest BCUT2D eigenvalue weighted by atomic mass is 9.76. The fourth-order valence-corrected chi connectivity index (χ4v) is 6.91. The molecule has 1 heterocycles. The average molecular weight is 686 g/mol. The molecule has 0 N–H and O–H groups in total. The number of nitrogens with zero attached hydrogens (tertiary/aromatic N) is 1. The molecule has 270 valence electrons. The van der Waals surface area contributed by atoms with Gasteiger partial charge in [0.2, 0.25) is 11.7 Å². The van der Waals surface area contributed by atoms with Crippen LogP contribution in [0.5, 0.6) is 0 Å². The molecule has 0 bridgehead atoms. The van der Waals surface area contributed by atoms with Crippen molar-refractivity contribution in [2.45, 2.75) is 118 Å². The standard InChI is InChI=1S/C42H55NO7/c1-7-15-31(40(49)37(46)22-21-32(44)26-34(39(48)28(2)3)30-18-12-9-13-19-30)25-38(47)36-20-14-23-43(36)41(50)35(42(4,5)6)27-33(45)24-29-16-10-8-11-17-29/h8-13,16-19,28,31,34-36H,7,14-15,20-27H2,1-6H3/t31?,34-,35+,36-/m0/s1. The molecule has 0 radical (unpaired) electrons. The van der Waals surface area contributed by atoms with E-state index in [1.54, 1.807) is 18.7 Å². The lowest BCUT2D eigenvalue weighted by Crippen LogP contribution is -2.47. The topological polar surface area (TPSA) is 123 Å². The molecule has 8 nitrogen and oxygen atoms in total. The van der Waals surface area contributed by atoms with E-state index in [4.69, 9.17) is 0 Å². The SMILES string of the molecule is CCCC(CC(=O)[C@@H]1CCCN1C(=O)[C@@H](CC(=O)Cc1ccccc1)C(C)(C)C)C(=O)C(=O)CCC(=O)C[C@H](C(=O)C(C)C)c1ccccc1. The van der Waals surface area contributed by atoms with Gasteiger partial charge in [-0.3, -0.25) is 33.6 Å². The zero-order valence-electron chi connectivity index (χ0n) is 30.7. The smallest absolute Gasteiger partial charge is 0.227 e. The molecule has 1 saturated heterocycles. The number of carbonyl (C=O) groups is 7. The highest BCUT2D eigenvalue weighted by atomic mass is 16.2. The fourth-order valence-electron chi connectivity index (χ4n) is 6.91. The van der Waals surface area contributed by atoms with Gasteiger partial charge in [0.1, 0.15) is 17.3 Å². The molecular formula is C42H55NO7. The molecule has 1 aliphatic rings. The van der Waals surface area contributed by atoms with Crippen molar-refractivity contribution in [2.75, 3.05) is 6.54 Å². The van der Waals surface area contributed by atoms with E-state index >= 15 is 0 Å². The molecule has 0 saturated carbocycles. The second kappa shape index (κ2) is 18.8. The number of likely N-dealkylation sites (tertiary alicyclic amines) is 1. The number of benzene rings is 2. The van der Waals surface area contributed by atoms with Crippen LogP contribution in [0.2, 0.25) is 0 Å². The largest absolute Gasteiger partial charge is 0.332 e. The van der Waals surface area contributed by atoms with E-state index in [1.807, 2.05) is 88.4 Å². The quantitative estimate of drug-likeness (QED) is 0.136. The van der Waals surface area contributed by atoms with Crippen molar-refractivity contribution in [2.24, 2.45) is 23.2 Å². The van der Waals surface area contributed by atoms with Gasteiger partial charge >= 0.3 is 0 Å². The summed E-state index contributed by atoms with van der Waals surface area (Å²) in [4.78, 5) is 94.8. The summed E-state index contributed by atoms with van der Waals surface area (Å²) in [7, 11) is 0. The minimum absolute atomic E-state index is 0.0424. The maximum Gasteiger partial charge on any atom is 0.227 e. The first-order valence-electron chi connectivity index (χ1n) is 18.2. The van der Waals surface area contributed by atoms with Crippen LogP contribution in [0.4, 0.5) is 0 Å². The Morgan fingerprint density at radius 2 is 1.42 bits per heavy atom. The second-order valence-electron chi connectivity index (χ2n) is 15.2. The monoisotopic (exact) mass is 685 g/mol. The molecule has 1 fully saturated rings. The Morgan fingerprint density at radius 1 is 0.800 bits per heavy atom. The van der Waals surface area contributed by atoms with Gasteiger partial charge in [0.15, 0.2) is 11.6 Å². The van der Waals surface area contributed by atoms with Crippen molar-refractivity contribution in [3.05, 3.63) is 71.8 Å². The first-order chi connectivity index (χ1) is 23.6. The number of Topliss-reactive ketones (excluding diaryl/α,β-unsaturated/α-hetero) is 6. The predicted octanol–water partition coefficient (Wildman–Crippen LogP) is 7.10. The molecule has 1 unspecified atom stereocenters. The van der Waals surface area contributed by atoms with Crippen LogP contribution in [0.25, 0.3) is 0 Å². The predicted molar refractivity (Wildman–Crippen MR) is 193 cm³/mol. The van der Waals surface area contributed by atoms with Crippen LogP contribution >= 0.6 is 0 Å². The number of ketones is 6. The fraction of sp³-hybridized carbons (Fsp3) is 0.548. The molecule has 3 rings (SSSR count). The van der Waals surface area contributed by atoms with Crippen LogP contribution in [0, 0.1) is 23.2 Å². The van der Waals surface area contributed by atoms with Gasteiger partial charge in [0, 0.05) is 68.7 Å². The van der Waals surface area contributed by atoms with Gasteiger partial charge in [-0.2, -0.15) is 0 Å². The summed E-state index contributed by atoms with van der Waals surface area (Å²) in [6, 6.07) is 17.8. The molecule has 4 atom stereocenters. The van der Waals surface area contributed by atoms with Crippen LogP contribution in [-0.2, 0) is 40.0 Å². The molecule has 1 amide bonds.